The van der Waals surface area contributed by atoms with Gasteiger partial charge in [-0.1, -0.05) is 19.6 Å². The van der Waals surface area contributed by atoms with Gasteiger partial charge in [0.1, 0.15) is 8.24 Å². The smallest absolute Gasteiger partial charge is 0.183 e. The van der Waals surface area contributed by atoms with E-state index in [1.54, 1.807) is 0 Å². The average Bonchev–Trinajstić information content (AvgIpc) is 1.76. The lowest BCUT2D eigenvalue weighted by Gasteiger charge is -2.21. The third-order valence-electron chi connectivity index (χ3n) is 1.29. The van der Waals surface area contributed by atoms with Gasteiger partial charge in [-0.3, -0.25) is 0 Å². The third kappa shape index (κ3) is 10.4. The van der Waals surface area contributed by atoms with Crippen LogP contribution in [0.15, 0.2) is 0 Å². The second-order valence-corrected chi connectivity index (χ2v) is 14.5. The second-order valence-electron chi connectivity index (χ2n) is 5.14. The van der Waals surface area contributed by atoms with E-state index in [2.05, 4.69) is 44.3 Å². The number of hydrogen-bond donors (Lipinski definition) is 1. The first-order valence-corrected chi connectivity index (χ1v) is 11.5. The fourth-order valence-corrected chi connectivity index (χ4v) is 2.35. The monoisotopic (exact) mass is 205 g/mol. The van der Waals surface area contributed by atoms with E-state index >= 15 is 0 Å². The van der Waals surface area contributed by atoms with Crippen molar-refractivity contribution in [3.63, 3.8) is 0 Å². The Labute approximate surface area is 78.9 Å². The first-order valence-electron chi connectivity index (χ1n) is 4.60. The zero-order valence-corrected chi connectivity index (χ0v) is 11.3. The molecule has 0 fully saturated rings. The van der Waals surface area contributed by atoms with Crippen LogP contribution in [-0.4, -0.2) is 29.7 Å². The van der Waals surface area contributed by atoms with Crippen LogP contribution in [0.25, 0.3) is 0 Å². The predicted molar refractivity (Wildman–Crippen MR) is 60.6 cm³/mol. The predicted octanol–water partition coefficient (Wildman–Crippen LogP) is 2.26. The molecule has 74 valence electrons. The summed E-state index contributed by atoms with van der Waals surface area (Å²) in [7, 11) is -2.35. The van der Waals surface area contributed by atoms with Crippen molar-refractivity contribution in [3.05, 3.63) is 0 Å². The lowest BCUT2D eigenvalue weighted by atomic mass is 10.8. The molecule has 0 aliphatic carbocycles. The van der Waals surface area contributed by atoms with Crippen molar-refractivity contribution in [1.29, 1.82) is 0 Å². The molecule has 0 heterocycles. The molecule has 0 aromatic carbocycles. The molecule has 0 bridgehead atoms. The van der Waals surface area contributed by atoms with Crippen LogP contribution in [0.4, 0.5) is 0 Å². The van der Waals surface area contributed by atoms with Crippen LogP contribution >= 0.6 is 0 Å². The molecule has 0 radical (unpaired) electrons. The Hall–Kier alpha value is 0.354. The van der Waals surface area contributed by atoms with Gasteiger partial charge >= 0.3 is 0 Å². The van der Waals surface area contributed by atoms with Gasteiger partial charge in [0, 0.05) is 13.2 Å². The highest BCUT2D eigenvalue weighted by Gasteiger charge is 2.15. The molecule has 4 heteroatoms. The van der Waals surface area contributed by atoms with Crippen molar-refractivity contribution >= 4 is 16.6 Å². The van der Waals surface area contributed by atoms with Gasteiger partial charge in [0.15, 0.2) is 8.32 Å². The van der Waals surface area contributed by atoms with Crippen LogP contribution in [-0.2, 0) is 4.43 Å². The third-order valence-corrected chi connectivity index (χ3v) is 3.67. The summed E-state index contributed by atoms with van der Waals surface area (Å²) < 4.78 is 5.72. The van der Waals surface area contributed by atoms with Gasteiger partial charge in [-0.15, -0.1) is 0 Å². The Kier molecular flexibility index (Phi) is 4.69. The molecule has 0 rings (SSSR count). The summed E-state index contributed by atoms with van der Waals surface area (Å²) in [5.74, 6) is 0. The average molecular weight is 205 g/mol. The summed E-state index contributed by atoms with van der Waals surface area (Å²) in [6, 6.07) is 0. The molecular weight excluding hydrogens is 182 g/mol. The zero-order valence-electron chi connectivity index (χ0n) is 9.32. The van der Waals surface area contributed by atoms with Crippen LogP contribution in [0.3, 0.4) is 0 Å². The Morgan fingerprint density at radius 2 is 1.50 bits per heavy atom. The first kappa shape index (κ1) is 12.4. The summed E-state index contributed by atoms with van der Waals surface area (Å²) in [4.78, 5) is 3.53. The molecule has 0 aliphatic rings. The van der Waals surface area contributed by atoms with E-state index in [9.17, 15) is 0 Å². The van der Waals surface area contributed by atoms with E-state index in [0.717, 1.165) is 13.2 Å². The van der Waals surface area contributed by atoms with Crippen LogP contribution in [0, 0.1) is 0 Å². The van der Waals surface area contributed by atoms with E-state index in [-0.39, 0.29) is 0 Å². The molecule has 0 amide bonds. The van der Waals surface area contributed by atoms with Crippen LogP contribution in [0.5, 0.6) is 0 Å². The maximum atomic E-state index is 5.72. The topological polar surface area (TPSA) is 21.3 Å². The molecule has 0 aromatic heterocycles. The summed E-state index contributed by atoms with van der Waals surface area (Å²) >= 11 is 0. The summed E-state index contributed by atoms with van der Waals surface area (Å²) in [6.07, 6.45) is 0. The number of rotatable bonds is 5. The van der Waals surface area contributed by atoms with Gasteiger partial charge in [-0.25, -0.2) is 0 Å². The fraction of sp³-hybridized carbons (Fsp3) is 1.00. The van der Waals surface area contributed by atoms with E-state index in [0.29, 0.717) is 0 Å². The lowest BCUT2D eigenvalue weighted by molar-refractivity contribution is 0.316. The largest absolute Gasteiger partial charge is 0.416 e. The molecular formula is C8H23NOSi2. The van der Waals surface area contributed by atoms with Crippen molar-refractivity contribution in [2.45, 2.75) is 39.3 Å². The van der Waals surface area contributed by atoms with Crippen molar-refractivity contribution in [2.24, 2.45) is 0 Å². The zero-order chi connectivity index (χ0) is 9.83. The van der Waals surface area contributed by atoms with Crippen molar-refractivity contribution < 1.29 is 4.43 Å². The second kappa shape index (κ2) is 4.55. The maximum absolute atomic E-state index is 5.72. The number of nitrogens with one attached hydrogen (secondary N) is 1. The van der Waals surface area contributed by atoms with Gasteiger partial charge < -0.3 is 9.41 Å². The van der Waals surface area contributed by atoms with E-state index < -0.39 is 16.6 Å². The highest BCUT2D eigenvalue weighted by Crippen LogP contribution is 2.01. The van der Waals surface area contributed by atoms with E-state index in [4.69, 9.17) is 4.43 Å². The van der Waals surface area contributed by atoms with E-state index in [1.807, 2.05) is 0 Å². The van der Waals surface area contributed by atoms with Crippen LogP contribution < -0.4 is 4.98 Å². The molecule has 0 saturated carbocycles. The SMILES string of the molecule is C[Si](C)(C)NCCO[Si](C)(C)C. The van der Waals surface area contributed by atoms with Gasteiger partial charge in [-0.2, -0.15) is 0 Å². The Morgan fingerprint density at radius 3 is 1.83 bits per heavy atom. The normalized spacial score (nSPS) is 13.5. The molecule has 12 heavy (non-hydrogen) atoms. The minimum absolute atomic E-state index is 0.875. The molecule has 0 spiro atoms. The molecule has 0 aromatic rings. The number of hydrogen-bond acceptors (Lipinski definition) is 2. The molecule has 1 N–H and O–H groups in total. The van der Waals surface area contributed by atoms with Crippen molar-refractivity contribution in [2.75, 3.05) is 13.2 Å². The minimum atomic E-state index is -1.28. The van der Waals surface area contributed by atoms with Crippen molar-refractivity contribution in [3.8, 4) is 0 Å². The molecule has 0 unspecified atom stereocenters. The fourth-order valence-electron chi connectivity index (χ4n) is 0.783. The molecule has 0 aliphatic heterocycles. The van der Waals surface area contributed by atoms with E-state index in [1.165, 1.54) is 0 Å². The molecule has 0 saturated heterocycles. The summed E-state index contributed by atoms with van der Waals surface area (Å²) in [6.45, 7) is 15.5. The van der Waals surface area contributed by atoms with Gasteiger partial charge in [0.25, 0.3) is 0 Å². The lowest BCUT2D eigenvalue weighted by Crippen LogP contribution is -2.44. The summed E-state index contributed by atoms with van der Waals surface area (Å²) in [5.41, 5.74) is 0. The van der Waals surface area contributed by atoms with Gasteiger partial charge in [0.05, 0.1) is 0 Å². The minimum Gasteiger partial charge on any atom is -0.416 e. The highest BCUT2D eigenvalue weighted by atomic mass is 28.4. The Morgan fingerprint density at radius 1 is 1.00 bits per heavy atom. The van der Waals surface area contributed by atoms with Crippen LogP contribution in [0.1, 0.15) is 0 Å². The maximum Gasteiger partial charge on any atom is 0.183 e. The summed E-state index contributed by atoms with van der Waals surface area (Å²) in [5, 5.41) is 0. The van der Waals surface area contributed by atoms with Gasteiger partial charge in [0.2, 0.25) is 0 Å². The van der Waals surface area contributed by atoms with Crippen LogP contribution in [0.2, 0.25) is 39.3 Å². The Bertz CT molecular complexity index is 110. The standard InChI is InChI=1S/C8H23NOSi2/c1-11(2,3)9-7-8-10-12(4,5)6/h9H,7-8H2,1-6H3. The Balaban J connectivity index is 3.35. The molecule has 0 atom stereocenters. The highest BCUT2D eigenvalue weighted by molar-refractivity contribution is 6.73. The quantitative estimate of drug-likeness (QED) is 0.549. The van der Waals surface area contributed by atoms with Crippen molar-refractivity contribution in [1.82, 2.24) is 4.98 Å². The first-order chi connectivity index (χ1) is 5.21. The molecule has 2 nitrogen and oxygen atoms in total. The van der Waals surface area contributed by atoms with Gasteiger partial charge in [-0.05, 0) is 19.6 Å².